The zero-order valence-electron chi connectivity index (χ0n) is 13.9. The summed E-state index contributed by atoms with van der Waals surface area (Å²) in [5.41, 5.74) is 9.65. The molecule has 0 fully saturated rings. The van der Waals surface area contributed by atoms with E-state index in [1.54, 1.807) is 0 Å². The van der Waals surface area contributed by atoms with Gasteiger partial charge in [0.2, 0.25) is 0 Å². The van der Waals surface area contributed by atoms with E-state index in [2.05, 4.69) is 47.9 Å². The zero-order valence-corrected chi connectivity index (χ0v) is 16.5. The van der Waals surface area contributed by atoms with E-state index in [0.717, 1.165) is 10.5 Å². The van der Waals surface area contributed by atoms with E-state index in [1.807, 2.05) is 60.7 Å². The minimum absolute atomic E-state index is 0.648. The van der Waals surface area contributed by atoms with Crippen LogP contribution in [0.3, 0.4) is 0 Å². The molecule has 0 unspecified atom stereocenters. The normalized spacial score (nSPS) is 12.4. The van der Waals surface area contributed by atoms with Crippen LogP contribution in [0.2, 0.25) is 4.37 Å². The summed E-state index contributed by atoms with van der Waals surface area (Å²) in [7, 11) is 0. The van der Waals surface area contributed by atoms with Gasteiger partial charge in [-0.1, -0.05) is 0 Å². The van der Waals surface area contributed by atoms with E-state index in [1.165, 1.54) is 0 Å². The molecule has 0 aliphatic rings. The Kier molecular flexibility index (Phi) is 4.99. The number of nitrogens with zero attached hydrogens (tertiary/aromatic N) is 3. The first kappa shape index (κ1) is 17.4. The van der Waals surface area contributed by atoms with Crippen LogP contribution in [0.4, 0.5) is 0 Å². The molecule has 0 spiro atoms. The molecule has 0 saturated heterocycles. The van der Waals surface area contributed by atoms with Gasteiger partial charge in [0.25, 0.3) is 0 Å². The summed E-state index contributed by atoms with van der Waals surface area (Å²) in [5, 5.41) is 0. The first-order valence-electron chi connectivity index (χ1n) is 8.14. The number of benzene rings is 3. The Bertz CT molecular complexity index is 802. The van der Waals surface area contributed by atoms with Gasteiger partial charge < -0.3 is 0 Å². The molecule has 0 atom stereocenters. The summed E-state index contributed by atoms with van der Waals surface area (Å²) in [6, 6.07) is 30.7. The van der Waals surface area contributed by atoms with Gasteiger partial charge in [-0.3, -0.25) is 0 Å². The second-order valence-electron chi connectivity index (χ2n) is 5.91. The summed E-state index contributed by atoms with van der Waals surface area (Å²) in [5.74, 6) is 0. The van der Waals surface area contributed by atoms with Crippen LogP contribution in [0.25, 0.3) is 10.4 Å². The number of allylic oxidation sites excluding steroid dienone is 1. The Hall–Kier alpha value is -2.47. The van der Waals surface area contributed by atoms with Gasteiger partial charge in [0.1, 0.15) is 0 Å². The van der Waals surface area contributed by atoms with Crippen molar-refractivity contribution >= 4 is 28.2 Å². The molecule has 25 heavy (non-hydrogen) atoms. The van der Waals surface area contributed by atoms with E-state index in [4.69, 9.17) is 3.27 Å². The van der Waals surface area contributed by atoms with Crippen LogP contribution in [0.15, 0.2) is 107 Å². The van der Waals surface area contributed by atoms with Gasteiger partial charge in [-0.05, 0) is 0 Å². The summed E-state index contributed by atoms with van der Waals surface area (Å²) in [6.45, 7) is 4.02. The van der Waals surface area contributed by atoms with Gasteiger partial charge in [-0.25, -0.2) is 0 Å². The van der Waals surface area contributed by atoms with Crippen molar-refractivity contribution in [1.82, 2.24) is 0 Å². The number of hydrogen-bond acceptors (Lipinski definition) is 1. The average molecular weight is 436 g/mol. The molecule has 3 rings (SSSR count). The molecule has 0 N–H and O–H groups in total. The molecule has 0 aliphatic carbocycles. The molecule has 0 bridgehead atoms. The summed E-state index contributed by atoms with van der Waals surface area (Å²) in [6.07, 6.45) is 1.91. The maximum atomic E-state index is 9.65. The molecule has 0 amide bonds. The zero-order chi connectivity index (χ0) is 17.6. The van der Waals surface area contributed by atoms with Crippen molar-refractivity contribution in [2.24, 2.45) is 3.27 Å². The van der Waals surface area contributed by atoms with E-state index in [-0.39, 0.29) is 0 Å². The van der Waals surface area contributed by atoms with Crippen molar-refractivity contribution in [2.75, 3.05) is 0 Å². The quantitative estimate of drug-likeness (QED) is 0.184. The molecule has 0 aliphatic heterocycles. The summed E-state index contributed by atoms with van der Waals surface area (Å²) in [4.78, 5) is 3.39. The van der Waals surface area contributed by atoms with Crippen molar-refractivity contribution in [3.63, 3.8) is 0 Å². The molecule has 3 aromatic carbocycles. The molecular weight excluding hydrogens is 416 g/mol. The minimum atomic E-state index is -4.46. The number of rotatable bonds is 6. The van der Waals surface area contributed by atoms with Crippen molar-refractivity contribution in [2.45, 2.75) is 4.37 Å². The third-order valence-corrected chi connectivity index (χ3v) is 20.9. The van der Waals surface area contributed by atoms with Crippen molar-refractivity contribution in [1.29, 1.82) is 0 Å². The molecule has 124 valence electrons. The second kappa shape index (κ2) is 7.19. The van der Waals surface area contributed by atoms with Gasteiger partial charge in [0.15, 0.2) is 0 Å². The fourth-order valence-corrected chi connectivity index (χ4v) is 17.9. The fourth-order valence-electron chi connectivity index (χ4n) is 3.54. The van der Waals surface area contributed by atoms with Crippen molar-refractivity contribution < 1.29 is 0 Å². The van der Waals surface area contributed by atoms with E-state index in [9.17, 15) is 5.53 Å². The monoisotopic (exact) mass is 435 g/mol. The predicted octanol–water partition coefficient (Wildman–Crippen LogP) is 4.10. The van der Waals surface area contributed by atoms with Gasteiger partial charge >= 0.3 is 150 Å². The van der Waals surface area contributed by atoms with Crippen LogP contribution >= 0.6 is 0 Å². The third-order valence-electron chi connectivity index (χ3n) is 4.66. The molecule has 3 aromatic rings. The van der Waals surface area contributed by atoms with E-state index in [0.29, 0.717) is 4.37 Å². The second-order valence-corrected chi connectivity index (χ2v) is 19.0. The first-order valence-corrected chi connectivity index (χ1v) is 14.9. The Labute approximate surface area is 149 Å². The van der Waals surface area contributed by atoms with Crippen molar-refractivity contribution in [3.8, 4) is 0 Å². The topological polar surface area (TPSA) is 48.8 Å². The van der Waals surface area contributed by atoms with Gasteiger partial charge in [0, 0.05) is 0 Å². The van der Waals surface area contributed by atoms with Crippen LogP contribution in [-0.4, -0.2) is 17.7 Å². The fraction of sp³-hybridized carbons (Fsp3) is 0.0476. The molecule has 0 heterocycles. The molecule has 3 nitrogen and oxygen atoms in total. The Morgan fingerprint density at radius 1 is 0.760 bits per heavy atom. The first-order chi connectivity index (χ1) is 12.3. The van der Waals surface area contributed by atoms with Gasteiger partial charge in [-0.2, -0.15) is 0 Å². The molecule has 0 radical (unpaired) electrons. The Morgan fingerprint density at radius 3 is 1.40 bits per heavy atom. The third kappa shape index (κ3) is 2.66. The van der Waals surface area contributed by atoms with Crippen LogP contribution in [0.5, 0.6) is 0 Å². The Morgan fingerprint density at radius 2 is 1.12 bits per heavy atom. The molecule has 0 saturated carbocycles. The molecule has 4 heteroatoms. The van der Waals surface area contributed by atoms with E-state index < -0.39 is 17.7 Å². The van der Waals surface area contributed by atoms with Crippen molar-refractivity contribution in [3.05, 3.63) is 114 Å². The predicted molar refractivity (Wildman–Crippen MR) is 108 cm³/mol. The van der Waals surface area contributed by atoms with Crippen LogP contribution in [-0.2, 0) is 0 Å². The molecular formula is C21H20N3Sb. The van der Waals surface area contributed by atoms with Gasteiger partial charge in [-0.15, -0.1) is 0 Å². The van der Waals surface area contributed by atoms with Crippen LogP contribution in [0.1, 0.15) is 0 Å². The SMILES string of the molecule is C=C[CH2][Sb]([N]=[N+]=[N-])([c]1ccccc1)([c]1ccccc1)[c]1ccccc1. The van der Waals surface area contributed by atoms with Gasteiger partial charge in [0.05, 0.1) is 0 Å². The van der Waals surface area contributed by atoms with E-state index >= 15 is 0 Å². The number of azide groups is 1. The standard InChI is InChI=1S/3C6H5.C3H5.N3.Sb/c3*1-2-4-6-5-3-1;2*1-3-2;/h3*1-5H;3H,1-2H2;;/q;;;;-1;+1. The van der Waals surface area contributed by atoms with Crippen LogP contribution in [0, 0.1) is 0 Å². The molecule has 0 aromatic heterocycles. The Balaban J connectivity index is 2.57. The summed E-state index contributed by atoms with van der Waals surface area (Å²) >= 11 is -4.46. The van der Waals surface area contributed by atoms with Crippen LogP contribution < -0.4 is 10.5 Å². The summed E-state index contributed by atoms with van der Waals surface area (Å²) < 4.78 is 8.70. The number of hydrogen-bond donors (Lipinski definition) is 0. The average Bonchev–Trinajstić information content (AvgIpc) is 2.70. The maximum absolute atomic E-state index is 9.65.